The predicted molar refractivity (Wildman–Crippen MR) is 75.7 cm³/mol. The van der Waals surface area contributed by atoms with Gasteiger partial charge in [-0.25, -0.2) is 4.39 Å². The van der Waals surface area contributed by atoms with Crippen molar-refractivity contribution in [3.63, 3.8) is 0 Å². The zero-order valence-electron chi connectivity index (χ0n) is 11.5. The van der Waals surface area contributed by atoms with E-state index in [0.29, 0.717) is 11.7 Å². The van der Waals surface area contributed by atoms with Crippen LogP contribution in [0.25, 0.3) is 0 Å². The highest BCUT2D eigenvalue weighted by atomic mass is 19.1. The van der Waals surface area contributed by atoms with Crippen LogP contribution in [-0.2, 0) is 4.74 Å². The molecule has 0 saturated carbocycles. The van der Waals surface area contributed by atoms with Gasteiger partial charge in [-0.2, -0.15) is 5.10 Å². The largest absolute Gasteiger partial charge is 0.381 e. The number of carbonyl (C=O) groups excluding carboxylic acids is 1. The number of hydrogen-bond donors (Lipinski definition) is 1. The van der Waals surface area contributed by atoms with Gasteiger partial charge in [-0.1, -0.05) is 6.07 Å². The van der Waals surface area contributed by atoms with Crippen molar-refractivity contribution in [2.75, 3.05) is 18.5 Å². The van der Waals surface area contributed by atoms with Gasteiger partial charge in [0.2, 0.25) is 0 Å². The van der Waals surface area contributed by atoms with E-state index in [1.807, 2.05) is 4.68 Å². The lowest BCUT2D eigenvalue weighted by atomic mass is 10.1. The molecule has 0 atom stereocenters. The van der Waals surface area contributed by atoms with Gasteiger partial charge in [-0.15, -0.1) is 0 Å². The van der Waals surface area contributed by atoms with E-state index in [2.05, 4.69) is 10.4 Å². The minimum absolute atomic E-state index is 0.286. The molecule has 1 amide bonds. The molecule has 1 aliphatic heterocycles. The van der Waals surface area contributed by atoms with E-state index < -0.39 is 5.82 Å². The van der Waals surface area contributed by atoms with E-state index in [1.54, 1.807) is 18.5 Å². The van der Waals surface area contributed by atoms with E-state index in [-0.39, 0.29) is 11.5 Å². The molecule has 0 radical (unpaired) electrons. The van der Waals surface area contributed by atoms with Crippen molar-refractivity contribution in [2.45, 2.75) is 18.9 Å². The lowest BCUT2D eigenvalue weighted by Gasteiger charge is -2.22. The zero-order valence-corrected chi connectivity index (χ0v) is 11.5. The summed E-state index contributed by atoms with van der Waals surface area (Å²) in [5.41, 5.74) is 0.893. The van der Waals surface area contributed by atoms with Gasteiger partial charge >= 0.3 is 0 Å². The second-order valence-corrected chi connectivity index (χ2v) is 5.02. The lowest BCUT2D eigenvalue weighted by Crippen LogP contribution is -2.19. The molecule has 110 valence electrons. The Morgan fingerprint density at radius 3 is 2.95 bits per heavy atom. The minimum Gasteiger partial charge on any atom is -0.381 e. The van der Waals surface area contributed by atoms with E-state index in [4.69, 9.17) is 4.74 Å². The summed E-state index contributed by atoms with van der Waals surface area (Å²) in [5.74, 6) is -0.776. The molecule has 1 aromatic heterocycles. The maximum Gasteiger partial charge on any atom is 0.255 e. The van der Waals surface area contributed by atoms with E-state index >= 15 is 0 Å². The van der Waals surface area contributed by atoms with Crippen molar-refractivity contribution in [1.29, 1.82) is 0 Å². The zero-order chi connectivity index (χ0) is 14.7. The Kier molecular flexibility index (Phi) is 3.96. The second kappa shape index (κ2) is 6.05. The molecule has 1 fully saturated rings. The molecule has 21 heavy (non-hydrogen) atoms. The molecule has 5 nitrogen and oxygen atoms in total. The van der Waals surface area contributed by atoms with E-state index in [1.165, 1.54) is 18.2 Å². The van der Waals surface area contributed by atoms with Gasteiger partial charge in [-0.05, 0) is 31.0 Å². The summed E-state index contributed by atoms with van der Waals surface area (Å²) in [4.78, 5) is 12.0. The molecule has 1 aromatic carbocycles. The number of nitrogens with one attached hydrogen (secondary N) is 1. The number of nitrogens with zero attached hydrogens (tertiary/aromatic N) is 2. The third-order valence-corrected chi connectivity index (χ3v) is 3.51. The van der Waals surface area contributed by atoms with Crippen LogP contribution >= 0.6 is 0 Å². The van der Waals surface area contributed by atoms with Gasteiger partial charge in [0.15, 0.2) is 0 Å². The van der Waals surface area contributed by atoms with Crippen LogP contribution in [0.3, 0.4) is 0 Å². The molecule has 0 bridgehead atoms. The smallest absolute Gasteiger partial charge is 0.255 e. The topological polar surface area (TPSA) is 56.2 Å². The fourth-order valence-corrected chi connectivity index (χ4v) is 2.38. The number of amides is 1. The Morgan fingerprint density at radius 1 is 1.38 bits per heavy atom. The molecule has 3 rings (SSSR count). The summed E-state index contributed by atoms with van der Waals surface area (Å²) < 4.78 is 20.3. The quantitative estimate of drug-likeness (QED) is 0.945. The number of carbonyl (C=O) groups is 1. The summed E-state index contributed by atoms with van der Waals surface area (Å²) in [6.07, 6.45) is 5.23. The Bertz CT molecular complexity index is 635. The first-order valence-corrected chi connectivity index (χ1v) is 6.91. The standard InChI is InChI=1S/C15H16FN3O2/c16-12-3-1-2-11(8-12)15(20)18-13-9-17-19(10-13)14-4-6-21-7-5-14/h1-3,8-10,14H,4-7H2,(H,18,20). The Balaban J connectivity index is 1.68. The summed E-state index contributed by atoms with van der Waals surface area (Å²) in [6, 6.07) is 5.90. The number of ether oxygens (including phenoxy) is 1. The monoisotopic (exact) mass is 289 g/mol. The number of halogens is 1. The minimum atomic E-state index is -0.430. The number of benzene rings is 1. The van der Waals surface area contributed by atoms with Crippen molar-refractivity contribution in [2.24, 2.45) is 0 Å². The van der Waals surface area contributed by atoms with Crippen molar-refractivity contribution in [3.05, 3.63) is 48.0 Å². The van der Waals surface area contributed by atoms with Crippen LogP contribution in [-0.4, -0.2) is 28.9 Å². The molecule has 1 aliphatic rings. The highest BCUT2D eigenvalue weighted by Crippen LogP contribution is 2.21. The van der Waals surface area contributed by atoms with Crippen LogP contribution in [0.5, 0.6) is 0 Å². The van der Waals surface area contributed by atoms with Crippen molar-refractivity contribution < 1.29 is 13.9 Å². The molecule has 1 N–H and O–H groups in total. The number of anilines is 1. The van der Waals surface area contributed by atoms with Crippen molar-refractivity contribution >= 4 is 11.6 Å². The SMILES string of the molecule is O=C(Nc1cnn(C2CCOCC2)c1)c1cccc(F)c1. The fourth-order valence-electron chi connectivity index (χ4n) is 2.38. The summed E-state index contributed by atoms with van der Waals surface area (Å²) >= 11 is 0. The van der Waals surface area contributed by atoms with Gasteiger partial charge in [0.05, 0.1) is 17.9 Å². The number of hydrogen-bond acceptors (Lipinski definition) is 3. The molecule has 2 heterocycles. The predicted octanol–water partition coefficient (Wildman–Crippen LogP) is 2.63. The van der Waals surface area contributed by atoms with Gasteiger partial charge in [0, 0.05) is 25.0 Å². The molecule has 0 aliphatic carbocycles. The molecular formula is C15H16FN3O2. The van der Waals surface area contributed by atoms with Gasteiger partial charge in [-0.3, -0.25) is 9.48 Å². The molecular weight excluding hydrogens is 273 g/mol. The summed E-state index contributed by atoms with van der Waals surface area (Å²) in [7, 11) is 0. The maximum absolute atomic E-state index is 13.1. The van der Waals surface area contributed by atoms with E-state index in [9.17, 15) is 9.18 Å². The van der Waals surface area contributed by atoms with Gasteiger partial charge < -0.3 is 10.1 Å². The van der Waals surface area contributed by atoms with Crippen LogP contribution in [0.15, 0.2) is 36.7 Å². The Labute approximate surface area is 121 Å². The van der Waals surface area contributed by atoms with Crippen molar-refractivity contribution in [3.8, 4) is 0 Å². The van der Waals surface area contributed by atoms with Crippen molar-refractivity contribution in [1.82, 2.24) is 9.78 Å². The average Bonchev–Trinajstić information content (AvgIpc) is 2.97. The van der Waals surface area contributed by atoms with Crippen LogP contribution in [0.2, 0.25) is 0 Å². The average molecular weight is 289 g/mol. The Hall–Kier alpha value is -2.21. The summed E-state index contributed by atoms with van der Waals surface area (Å²) in [5, 5.41) is 7.00. The third-order valence-electron chi connectivity index (χ3n) is 3.51. The molecule has 0 unspecified atom stereocenters. The summed E-state index contributed by atoms with van der Waals surface area (Å²) in [6.45, 7) is 1.46. The van der Waals surface area contributed by atoms with Gasteiger partial charge in [0.1, 0.15) is 5.82 Å². The second-order valence-electron chi connectivity index (χ2n) is 5.02. The Morgan fingerprint density at radius 2 is 2.19 bits per heavy atom. The van der Waals surface area contributed by atoms with Crippen LogP contribution in [0, 0.1) is 5.82 Å². The van der Waals surface area contributed by atoms with Crippen LogP contribution < -0.4 is 5.32 Å². The molecule has 6 heteroatoms. The highest BCUT2D eigenvalue weighted by molar-refractivity contribution is 6.04. The lowest BCUT2D eigenvalue weighted by molar-refractivity contribution is 0.0662. The van der Waals surface area contributed by atoms with Crippen LogP contribution in [0.4, 0.5) is 10.1 Å². The first-order valence-electron chi connectivity index (χ1n) is 6.91. The maximum atomic E-state index is 13.1. The normalized spacial score (nSPS) is 15.9. The molecule has 1 saturated heterocycles. The number of aromatic nitrogens is 2. The first-order chi connectivity index (χ1) is 10.2. The highest BCUT2D eigenvalue weighted by Gasteiger charge is 2.17. The number of rotatable bonds is 3. The molecule has 0 spiro atoms. The van der Waals surface area contributed by atoms with E-state index in [0.717, 1.165) is 26.1 Å². The van der Waals surface area contributed by atoms with Crippen LogP contribution in [0.1, 0.15) is 29.2 Å². The molecule has 2 aromatic rings. The first kappa shape index (κ1) is 13.8. The fraction of sp³-hybridized carbons (Fsp3) is 0.333. The van der Waals surface area contributed by atoms with Gasteiger partial charge in [0.25, 0.3) is 5.91 Å². The third kappa shape index (κ3) is 3.28.